The maximum absolute atomic E-state index is 11.9. The van der Waals surface area contributed by atoms with Gasteiger partial charge in [0.2, 0.25) is 0 Å². The smallest absolute Gasteiger partial charge is 0.265 e. The number of amides is 1. The van der Waals surface area contributed by atoms with Gasteiger partial charge in [0.25, 0.3) is 5.91 Å². The molecule has 0 fully saturated rings. The fraction of sp³-hybridized carbons (Fsp3) is 0.333. The molecule has 2 rings (SSSR count). The molecule has 1 amide bonds. The quantitative estimate of drug-likeness (QED) is 0.529. The van der Waals surface area contributed by atoms with Crippen molar-refractivity contribution in [3.63, 3.8) is 0 Å². The highest BCUT2D eigenvalue weighted by atomic mass is 16.6. The molecule has 0 aromatic heterocycles. The summed E-state index contributed by atoms with van der Waals surface area (Å²) in [7, 11) is 0. The van der Waals surface area contributed by atoms with Crippen molar-refractivity contribution >= 4 is 17.8 Å². The molecule has 0 aliphatic heterocycles. The summed E-state index contributed by atoms with van der Waals surface area (Å²) < 4.78 is 5.37. The van der Waals surface area contributed by atoms with Crippen molar-refractivity contribution in [3.05, 3.63) is 59.7 Å². The molecule has 0 saturated carbocycles. The number of anilines is 1. The molecular weight excluding hydrogens is 328 g/mol. The van der Waals surface area contributed by atoms with E-state index >= 15 is 0 Å². The Hall–Kier alpha value is -2.82. The Kier molecular flexibility index (Phi) is 7.68. The highest BCUT2D eigenvalue weighted by molar-refractivity contribution is 5.91. The molecule has 138 valence electrons. The van der Waals surface area contributed by atoms with Crippen LogP contribution < -0.4 is 10.1 Å². The van der Waals surface area contributed by atoms with E-state index in [1.54, 1.807) is 6.21 Å². The molecule has 0 unspecified atom stereocenters. The summed E-state index contributed by atoms with van der Waals surface area (Å²) in [5.74, 6) is 1.08. The fourth-order valence-corrected chi connectivity index (χ4v) is 2.34. The van der Waals surface area contributed by atoms with Gasteiger partial charge in [-0.3, -0.25) is 4.79 Å². The monoisotopic (exact) mass is 354 g/mol. The number of carbonyl (C=O) groups is 1. The number of nitrogens with zero attached hydrogens (tertiary/aromatic N) is 1. The second kappa shape index (κ2) is 10.2. The Balaban J connectivity index is 1.76. The van der Waals surface area contributed by atoms with Crippen molar-refractivity contribution in [2.75, 3.05) is 18.5 Å². The van der Waals surface area contributed by atoms with Gasteiger partial charge >= 0.3 is 0 Å². The predicted molar refractivity (Wildman–Crippen MR) is 105 cm³/mol. The van der Waals surface area contributed by atoms with Crippen molar-refractivity contribution in [1.29, 1.82) is 0 Å². The van der Waals surface area contributed by atoms with Crippen LogP contribution in [0, 0.1) is 0 Å². The van der Waals surface area contributed by atoms with Crippen LogP contribution in [-0.2, 0) is 9.63 Å². The molecular formula is C21H26N2O3. The summed E-state index contributed by atoms with van der Waals surface area (Å²) in [6.07, 6.45) is 2.65. The summed E-state index contributed by atoms with van der Waals surface area (Å²) in [6.45, 7) is 6.77. The molecule has 2 aromatic carbocycles. The lowest BCUT2D eigenvalue weighted by Gasteiger charge is -2.10. The fourth-order valence-electron chi connectivity index (χ4n) is 2.34. The number of ether oxygens (including phenoxy) is 1. The largest absolute Gasteiger partial charge is 0.494 e. The maximum Gasteiger partial charge on any atom is 0.265 e. The van der Waals surface area contributed by atoms with Crippen LogP contribution in [0.5, 0.6) is 5.75 Å². The molecule has 5 heteroatoms. The third kappa shape index (κ3) is 6.24. The third-order valence-corrected chi connectivity index (χ3v) is 4.04. The van der Waals surface area contributed by atoms with Gasteiger partial charge in [0.15, 0.2) is 6.61 Å². The number of rotatable bonds is 9. The zero-order chi connectivity index (χ0) is 18.8. The van der Waals surface area contributed by atoms with E-state index in [1.807, 2.05) is 55.5 Å². The van der Waals surface area contributed by atoms with E-state index in [2.05, 4.69) is 24.3 Å². The van der Waals surface area contributed by atoms with Crippen molar-refractivity contribution in [1.82, 2.24) is 0 Å². The molecule has 2 aromatic rings. The van der Waals surface area contributed by atoms with Crippen molar-refractivity contribution < 1.29 is 14.4 Å². The predicted octanol–water partition coefficient (Wildman–Crippen LogP) is 4.59. The summed E-state index contributed by atoms with van der Waals surface area (Å²) in [5, 5.41) is 6.61. The van der Waals surface area contributed by atoms with Crippen molar-refractivity contribution in [3.8, 4) is 5.75 Å². The molecule has 1 N–H and O–H groups in total. The molecule has 1 atom stereocenters. The first-order valence-electron chi connectivity index (χ1n) is 8.90. The average Bonchev–Trinajstić information content (AvgIpc) is 2.67. The molecule has 0 saturated heterocycles. The molecule has 0 bridgehead atoms. The molecule has 0 heterocycles. The lowest BCUT2D eigenvalue weighted by atomic mass is 9.99. The summed E-state index contributed by atoms with van der Waals surface area (Å²) in [5.41, 5.74) is 2.89. The highest BCUT2D eigenvalue weighted by Gasteiger charge is 2.05. The van der Waals surface area contributed by atoms with Crippen LogP contribution in [-0.4, -0.2) is 25.3 Å². The molecule has 0 aliphatic rings. The maximum atomic E-state index is 11.9. The minimum absolute atomic E-state index is 0.138. The van der Waals surface area contributed by atoms with Gasteiger partial charge in [0.1, 0.15) is 5.75 Å². The number of hydrogen-bond donors (Lipinski definition) is 1. The van der Waals surface area contributed by atoms with E-state index < -0.39 is 0 Å². The van der Waals surface area contributed by atoms with Crippen LogP contribution in [0.25, 0.3) is 0 Å². The van der Waals surface area contributed by atoms with Crippen molar-refractivity contribution in [2.45, 2.75) is 33.1 Å². The molecule has 0 aliphatic carbocycles. The van der Waals surface area contributed by atoms with Crippen LogP contribution >= 0.6 is 0 Å². The lowest BCUT2D eigenvalue weighted by Crippen LogP contribution is -2.17. The van der Waals surface area contributed by atoms with Gasteiger partial charge in [0, 0.05) is 5.69 Å². The number of benzene rings is 2. The van der Waals surface area contributed by atoms with Gasteiger partial charge in [-0.15, -0.1) is 0 Å². The molecule has 0 radical (unpaired) electrons. The summed E-state index contributed by atoms with van der Waals surface area (Å²) in [6, 6.07) is 15.4. The van der Waals surface area contributed by atoms with Gasteiger partial charge < -0.3 is 14.9 Å². The second-order valence-corrected chi connectivity index (χ2v) is 5.99. The Morgan fingerprint density at radius 3 is 2.42 bits per heavy atom. The van der Waals surface area contributed by atoms with Crippen LogP contribution in [0.4, 0.5) is 5.69 Å². The minimum atomic E-state index is -0.245. The summed E-state index contributed by atoms with van der Waals surface area (Å²) in [4.78, 5) is 16.9. The van der Waals surface area contributed by atoms with Gasteiger partial charge in [-0.1, -0.05) is 31.1 Å². The number of oxime groups is 1. The van der Waals surface area contributed by atoms with Crippen LogP contribution in [0.2, 0.25) is 0 Å². The normalized spacial score (nSPS) is 12.0. The molecule has 5 nitrogen and oxygen atoms in total. The minimum Gasteiger partial charge on any atom is -0.494 e. The standard InChI is InChI=1S/C21H26N2O3/c1-4-16(3)18-8-10-19(11-9-18)23-21(24)15-26-22-14-17-6-12-20(13-7-17)25-5-2/h6-14,16H,4-5,15H2,1-3H3,(H,23,24)/b22-14-/t16-/m1/s1. The van der Waals surface area contributed by atoms with E-state index in [-0.39, 0.29) is 12.5 Å². The van der Waals surface area contributed by atoms with E-state index in [0.29, 0.717) is 12.5 Å². The first kappa shape index (κ1) is 19.5. The second-order valence-electron chi connectivity index (χ2n) is 5.99. The van der Waals surface area contributed by atoms with E-state index in [9.17, 15) is 4.79 Å². The Bertz CT molecular complexity index is 709. The average molecular weight is 354 g/mol. The lowest BCUT2D eigenvalue weighted by molar-refractivity contribution is -0.120. The number of nitrogens with one attached hydrogen (secondary N) is 1. The first-order chi connectivity index (χ1) is 12.6. The Morgan fingerprint density at radius 2 is 1.81 bits per heavy atom. The number of hydrogen-bond acceptors (Lipinski definition) is 4. The topological polar surface area (TPSA) is 59.9 Å². The summed E-state index contributed by atoms with van der Waals surface area (Å²) >= 11 is 0. The van der Waals surface area contributed by atoms with E-state index in [1.165, 1.54) is 5.56 Å². The first-order valence-corrected chi connectivity index (χ1v) is 8.90. The van der Waals surface area contributed by atoms with Gasteiger partial charge in [-0.25, -0.2) is 0 Å². The Labute approximate surface area is 155 Å². The van der Waals surface area contributed by atoms with Gasteiger partial charge in [0.05, 0.1) is 12.8 Å². The van der Waals surface area contributed by atoms with Crippen molar-refractivity contribution in [2.24, 2.45) is 5.16 Å². The SMILES string of the molecule is CCOc1ccc(/C=N\OCC(=O)Nc2ccc([C@H](C)CC)cc2)cc1. The van der Waals surface area contributed by atoms with Gasteiger partial charge in [-0.2, -0.15) is 0 Å². The molecule has 26 heavy (non-hydrogen) atoms. The number of carbonyl (C=O) groups excluding carboxylic acids is 1. The van der Waals surface area contributed by atoms with Crippen LogP contribution in [0.15, 0.2) is 53.7 Å². The van der Waals surface area contributed by atoms with E-state index in [0.717, 1.165) is 23.4 Å². The zero-order valence-electron chi connectivity index (χ0n) is 15.6. The highest BCUT2D eigenvalue weighted by Crippen LogP contribution is 2.20. The van der Waals surface area contributed by atoms with E-state index in [4.69, 9.17) is 9.57 Å². The Morgan fingerprint density at radius 1 is 1.12 bits per heavy atom. The van der Waals surface area contributed by atoms with Gasteiger partial charge in [-0.05, 0) is 66.8 Å². The van der Waals surface area contributed by atoms with Crippen LogP contribution in [0.1, 0.15) is 44.2 Å². The molecule has 0 spiro atoms. The zero-order valence-corrected chi connectivity index (χ0v) is 15.6. The third-order valence-electron chi connectivity index (χ3n) is 4.04. The van der Waals surface area contributed by atoms with Crippen LogP contribution in [0.3, 0.4) is 0 Å².